The molecule has 0 aliphatic heterocycles. The van der Waals surface area contributed by atoms with Gasteiger partial charge in [0.15, 0.2) is 6.61 Å². The van der Waals surface area contributed by atoms with Crippen LogP contribution in [0, 0.1) is 0 Å². The molecule has 29 heavy (non-hydrogen) atoms. The van der Waals surface area contributed by atoms with Gasteiger partial charge in [0.05, 0.1) is 32.6 Å². The Hall–Kier alpha value is -3.81. The Kier molecular flexibility index (Phi) is 7.78. The Bertz CT molecular complexity index is 904. The average Bonchev–Trinajstić information content (AvgIpc) is 2.76. The standard InChI is InChI=1S/C21H21NO7/c1-26-16-9-10-17(18(12-16)27-2)22-19(23)13-29-20(24)11-6-14-4-7-15(8-5-14)21(25)28-3/h4-12H,13H2,1-3H3,(H,22,23)/b11-6+. The van der Waals surface area contributed by atoms with Crippen LogP contribution in [0.25, 0.3) is 6.08 Å². The van der Waals surface area contributed by atoms with Crippen LogP contribution >= 0.6 is 0 Å². The lowest BCUT2D eigenvalue weighted by Crippen LogP contribution is -2.20. The maximum absolute atomic E-state index is 12.0. The molecule has 2 aromatic carbocycles. The van der Waals surface area contributed by atoms with Gasteiger partial charge in [-0.3, -0.25) is 4.79 Å². The number of amides is 1. The van der Waals surface area contributed by atoms with E-state index in [0.717, 1.165) is 0 Å². The second kappa shape index (κ2) is 10.5. The lowest BCUT2D eigenvalue weighted by Gasteiger charge is -2.11. The van der Waals surface area contributed by atoms with Crippen molar-refractivity contribution in [1.29, 1.82) is 0 Å². The molecule has 8 heteroatoms. The van der Waals surface area contributed by atoms with Gasteiger partial charge in [-0.2, -0.15) is 0 Å². The van der Waals surface area contributed by atoms with Crippen molar-refractivity contribution in [1.82, 2.24) is 0 Å². The molecular formula is C21H21NO7. The number of esters is 2. The van der Waals surface area contributed by atoms with E-state index in [4.69, 9.17) is 14.2 Å². The van der Waals surface area contributed by atoms with Crippen LogP contribution in [-0.2, 0) is 19.1 Å². The molecule has 2 rings (SSSR count). The van der Waals surface area contributed by atoms with Gasteiger partial charge < -0.3 is 24.3 Å². The first kappa shape index (κ1) is 21.5. The molecule has 0 fully saturated rings. The van der Waals surface area contributed by atoms with Crippen molar-refractivity contribution >= 4 is 29.6 Å². The fourth-order valence-electron chi connectivity index (χ4n) is 2.29. The molecule has 152 valence electrons. The zero-order valence-corrected chi connectivity index (χ0v) is 16.3. The molecule has 0 saturated carbocycles. The van der Waals surface area contributed by atoms with E-state index in [2.05, 4.69) is 10.1 Å². The van der Waals surface area contributed by atoms with E-state index in [1.54, 1.807) is 42.5 Å². The Morgan fingerprint density at radius 2 is 1.69 bits per heavy atom. The number of hydrogen-bond donors (Lipinski definition) is 1. The molecule has 0 heterocycles. The quantitative estimate of drug-likeness (QED) is 0.538. The number of nitrogens with one attached hydrogen (secondary N) is 1. The first-order chi connectivity index (χ1) is 14.0. The predicted molar refractivity (Wildman–Crippen MR) is 106 cm³/mol. The normalized spacial score (nSPS) is 10.3. The highest BCUT2D eigenvalue weighted by Crippen LogP contribution is 2.28. The van der Waals surface area contributed by atoms with Gasteiger partial charge in [0.25, 0.3) is 5.91 Å². The van der Waals surface area contributed by atoms with Crippen LogP contribution in [-0.4, -0.2) is 45.8 Å². The minimum atomic E-state index is -0.682. The van der Waals surface area contributed by atoms with E-state index in [-0.39, 0.29) is 0 Å². The molecule has 0 aromatic heterocycles. The number of hydrogen-bond acceptors (Lipinski definition) is 7. The van der Waals surface area contributed by atoms with Gasteiger partial charge >= 0.3 is 11.9 Å². The molecule has 0 aliphatic rings. The number of carbonyl (C=O) groups is 3. The van der Waals surface area contributed by atoms with Crippen LogP contribution in [0.3, 0.4) is 0 Å². The van der Waals surface area contributed by atoms with Crippen molar-refractivity contribution < 1.29 is 33.3 Å². The van der Waals surface area contributed by atoms with E-state index >= 15 is 0 Å². The van der Waals surface area contributed by atoms with Crippen molar-refractivity contribution in [2.24, 2.45) is 0 Å². The Morgan fingerprint density at radius 1 is 0.966 bits per heavy atom. The zero-order chi connectivity index (χ0) is 21.2. The van der Waals surface area contributed by atoms with Crippen molar-refractivity contribution in [2.45, 2.75) is 0 Å². The predicted octanol–water partition coefficient (Wildman–Crippen LogP) is 2.69. The van der Waals surface area contributed by atoms with E-state index in [0.29, 0.717) is 28.3 Å². The molecular weight excluding hydrogens is 378 g/mol. The molecule has 1 N–H and O–H groups in total. The summed E-state index contributed by atoms with van der Waals surface area (Å²) in [6.07, 6.45) is 2.70. The summed E-state index contributed by atoms with van der Waals surface area (Å²) in [5.74, 6) is -0.647. The second-order valence-electron chi connectivity index (χ2n) is 5.67. The molecule has 0 spiro atoms. The molecule has 1 amide bonds. The Labute approximate surface area is 168 Å². The van der Waals surface area contributed by atoms with Crippen LogP contribution < -0.4 is 14.8 Å². The molecule has 0 aliphatic carbocycles. The van der Waals surface area contributed by atoms with Crippen LogP contribution in [0.5, 0.6) is 11.5 Å². The topological polar surface area (TPSA) is 100 Å². The van der Waals surface area contributed by atoms with E-state index in [9.17, 15) is 14.4 Å². The van der Waals surface area contributed by atoms with Gasteiger partial charge in [-0.15, -0.1) is 0 Å². The number of rotatable bonds is 8. The summed E-state index contributed by atoms with van der Waals surface area (Å²) in [5.41, 5.74) is 1.51. The summed E-state index contributed by atoms with van der Waals surface area (Å²) < 4.78 is 19.8. The number of benzene rings is 2. The van der Waals surface area contributed by atoms with Gasteiger partial charge in [-0.05, 0) is 35.9 Å². The lowest BCUT2D eigenvalue weighted by atomic mass is 10.1. The smallest absolute Gasteiger partial charge is 0.337 e. The number of methoxy groups -OCH3 is 3. The third-order valence-corrected chi connectivity index (χ3v) is 3.77. The molecule has 8 nitrogen and oxygen atoms in total. The van der Waals surface area contributed by atoms with Gasteiger partial charge in [-0.1, -0.05) is 12.1 Å². The first-order valence-corrected chi connectivity index (χ1v) is 8.52. The number of anilines is 1. The Morgan fingerprint density at radius 3 is 2.31 bits per heavy atom. The second-order valence-corrected chi connectivity index (χ2v) is 5.67. The van der Waals surface area contributed by atoms with Gasteiger partial charge in [0, 0.05) is 12.1 Å². The molecule has 0 unspecified atom stereocenters. The van der Waals surface area contributed by atoms with Crippen molar-refractivity contribution in [2.75, 3.05) is 33.3 Å². The average molecular weight is 399 g/mol. The van der Waals surface area contributed by atoms with Crippen LogP contribution in [0.15, 0.2) is 48.5 Å². The van der Waals surface area contributed by atoms with Crippen LogP contribution in [0.1, 0.15) is 15.9 Å². The monoisotopic (exact) mass is 399 g/mol. The Balaban J connectivity index is 1.86. The maximum atomic E-state index is 12.0. The van der Waals surface area contributed by atoms with Gasteiger partial charge in [0.2, 0.25) is 0 Å². The summed E-state index contributed by atoms with van der Waals surface area (Å²) >= 11 is 0. The minimum Gasteiger partial charge on any atom is -0.497 e. The summed E-state index contributed by atoms with van der Waals surface area (Å²) in [7, 11) is 4.29. The molecule has 0 atom stereocenters. The zero-order valence-electron chi connectivity index (χ0n) is 16.3. The molecule has 0 radical (unpaired) electrons. The minimum absolute atomic E-state index is 0.401. The van der Waals surface area contributed by atoms with Crippen molar-refractivity contribution in [3.63, 3.8) is 0 Å². The fourth-order valence-corrected chi connectivity index (χ4v) is 2.29. The number of carbonyl (C=O) groups excluding carboxylic acids is 3. The van der Waals surface area contributed by atoms with E-state index < -0.39 is 24.5 Å². The fraction of sp³-hybridized carbons (Fsp3) is 0.190. The van der Waals surface area contributed by atoms with Gasteiger partial charge in [0.1, 0.15) is 11.5 Å². The molecule has 2 aromatic rings. The summed E-state index contributed by atoms with van der Waals surface area (Å²) in [6.45, 7) is -0.459. The maximum Gasteiger partial charge on any atom is 0.337 e. The highest BCUT2D eigenvalue weighted by molar-refractivity contribution is 5.96. The van der Waals surface area contributed by atoms with Crippen LogP contribution in [0.2, 0.25) is 0 Å². The third-order valence-electron chi connectivity index (χ3n) is 3.77. The highest BCUT2D eigenvalue weighted by Gasteiger charge is 2.10. The largest absolute Gasteiger partial charge is 0.497 e. The third kappa shape index (κ3) is 6.39. The summed E-state index contributed by atoms with van der Waals surface area (Å²) in [5, 5.41) is 2.60. The van der Waals surface area contributed by atoms with Gasteiger partial charge in [-0.25, -0.2) is 9.59 Å². The molecule has 0 saturated heterocycles. The lowest BCUT2D eigenvalue weighted by molar-refractivity contribution is -0.142. The van der Waals surface area contributed by atoms with Crippen LogP contribution in [0.4, 0.5) is 5.69 Å². The van der Waals surface area contributed by atoms with Crippen molar-refractivity contribution in [3.8, 4) is 11.5 Å². The first-order valence-electron chi connectivity index (χ1n) is 8.52. The van der Waals surface area contributed by atoms with E-state index in [1.807, 2.05) is 0 Å². The van der Waals surface area contributed by atoms with Crippen molar-refractivity contribution in [3.05, 3.63) is 59.7 Å². The SMILES string of the molecule is COC(=O)c1ccc(/C=C/C(=O)OCC(=O)Nc2ccc(OC)cc2OC)cc1. The molecule has 0 bridgehead atoms. The summed E-state index contributed by atoms with van der Waals surface area (Å²) in [6, 6.07) is 11.4. The summed E-state index contributed by atoms with van der Waals surface area (Å²) in [4.78, 5) is 35.2. The number of ether oxygens (including phenoxy) is 4. The highest BCUT2D eigenvalue weighted by atomic mass is 16.5. The van der Waals surface area contributed by atoms with E-state index in [1.165, 1.54) is 33.5 Å².